The molecule has 0 radical (unpaired) electrons. The third kappa shape index (κ3) is 5.21. The number of benzene rings is 2. The minimum absolute atomic E-state index is 0.00615. The number of nitrogens with zero attached hydrogens (tertiary/aromatic N) is 3. The van der Waals surface area contributed by atoms with Crippen LogP contribution in [0.3, 0.4) is 0 Å². The molecule has 5 rings (SSSR count). The van der Waals surface area contributed by atoms with Gasteiger partial charge in [0.25, 0.3) is 5.91 Å². The molecule has 34 heavy (non-hydrogen) atoms. The van der Waals surface area contributed by atoms with Crippen molar-refractivity contribution in [3.8, 4) is 11.1 Å². The van der Waals surface area contributed by atoms with Gasteiger partial charge in [-0.15, -0.1) is 0 Å². The summed E-state index contributed by atoms with van der Waals surface area (Å²) >= 11 is 0. The van der Waals surface area contributed by atoms with Crippen molar-refractivity contribution in [2.45, 2.75) is 44.7 Å². The summed E-state index contributed by atoms with van der Waals surface area (Å²) in [5.41, 5.74) is 4.87. The van der Waals surface area contributed by atoms with Crippen molar-refractivity contribution < 1.29 is 9.53 Å². The second-order valence-corrected chi connectivity index (χ2v) is 9.45. The van der Waals surface area contributed by atoms with Gasteiger partial charge in [0.15, 0.2) is 0 Å². The normalized spacial score (nSPS) is 18.4. The molecule has 2 aromatic carbocycles. The summed E-state index contributed by atoms with van der Waals surface area (Å²) in [7, 11) is 1.75. The van der Waals surface area contributed by atoms with Crippen molar-refractivity contribution in [1.82, 2.24) is 20.2 Å². The number of hydrogen-bond acceptors (Lipinski definition) is 6. The highest BCUT2D eigenvalue weighted by Crippen LogP contribution is 2.28. The Labute approximate surface area is 200 Å². The first-order valence-electron chi connectivity index (χ1n) is 12.3. The molecule has 7 nitrogen and oxygen atoms in total. The zero-order valence-electron chi connectivity index (χ0n) is 20.0. The van der Waals surface area contributed by atoms with Gasteiger partial charge in [0.05, 0.1) is 12.1 Å². The van der Waals surface area contributed by atoms with Crippen LogP contribution in [0.2, 0.25) is 0 Å². The minimum Gasteiger partial charge on any atom is -0.383 e. The topological polar surface area (TPSA) is 79.4 Å². The van der Waals surface area contributed by atoms with E-state index >= 15 is 0 Å². The molecule has 2 fully saturated rings. The number of amides is 1. The summed E-state index contributed by atoms with van der Waals surface area (Å²) in [5.74, 6) is 0.667. The average Bonchev–Trinajstić information content (AvgIpc) is 3.56. The Kier molecular flexibility index (Phi) is 6.74. The van der Waals surface area contributed by atoms with Crippen LogP contribution < -0.4 is 10.6 Å². The largest absolute Gasteiger partial charge is 0.383 e. The number of carbonyl (C=O) groups is 1. The lowest BCUT2D eigenvalue weighted by Gasteiger charge is -2.24. The predicted octanol–water partition coefficient (Wildman–Crippen LogP) is 4.02. The van der Waals surface area contributed by atoms with E-state index in [0.29, 0.717) is 23.6 Å². The maximum atomic E-state index is 12.5. The van der Waals surface area contributed by atoms with Crippen molar-refractivity contribution in [2.24, 2.45) is 0 Å². The van der Waals surface area contributed by atoms with Gasteiger partial charge in [-0.25, -0.2) is 9.97 Å². The lowest BCUT2D eigenvalue weighted by molar-refractivity contribution is 0.0951. The third-order valence-corrected chi connectivity index (χ3v) is 6.88. The van der Waals surface area contributed by atoms with Crippen LogP contribution in [0.5, 0.6) is 0 Å². The first kappa shape index (κ1) is 22.7. The molecular weight excluding hydrogens is 426 g/mol. The van der Waals surface area contributed by atoms with E-state index in [0.717, 1.165) is 66.7 Å². The fourth-order valence-corrected chi connectivity index (χ4v) is 4.70. The zero-order chi connectivity index (χ0) is 23.5. The number of aromatic nitrogens is 2. The van der Waals surface area contributed by atoms with Crippen LogP contribution in [0.1, 0.15) is 41.6 Å². The summed E-state index contributed by atoms with van der Waals surface area (Å²) in [6.07, 6.45) is 6.45. The number of nitrogens with one attached hydrogen (secondary N) is 2. The van der Waals surface area contributed by atoms with Gasteiger partial charge in [0.1, 0.15) is 0 Å². The van der Waals surface area contributed by atoms with Crippen LogP contribution in [0.25, 0.3) is 22.0 Å². The second-order valence-electron chi connectivity index (χ2n) is 9.45. The number of aryl methyl sites for hydroxylation is 1. The lowest BCUT2D eigenvalue weighted by Crippen LogP contribution is -2.37. The van der Waals surface area contributed by atoms with Gasteiger partial charge < -0.3 is 15.4 Å². The highest BCUT2D eigenvalue weighted by atomic mass is 16.5. The molecule has 1 aliphatic heterocycles. The maximum absolute atomic E-state index is 12.5. The van der Waals surface area contributed by atoms with Gasteiger partial charge in [0, 0.05) is 49.4 Å². The summed E-state index contributed by atoms with van der Waals surface area (Å²) in [4.78, 5) is 24.3. The van der Waals surface area contributed by atoms with Crippen LogP contribution in [0, 0.1) is 6.92 Å². The van der Waals surface area contributed by atoms with Gasteiger partial charge in [-0.3, -0.25) is 9.69 Å². The van der Waals surface area contributed by atoms with E-state index in [4.69, 9.17) is 9.72 Å². The molecule has 1 atom stereocenters. The second kappa shape index (κ2) is 10.1. The quantitative estimate of drug-likeness (QED) is 0.503. The molecule has 0 unspecified atom stereocenters. The average molecular weight is 460 g/mol. The van der Waals surface area contributed by atoms with E-state index in [9.17, 15) is 4.79 Å². The Morgan fingerprint density at radius 1 is 1.18 bits per heavy atom. The molecule has 2 aliphatic rings. The van der Waals surface area contributed by atoms with E-state index in [1.54, 1.807) is 7.11 Å². The first-order valence-corrected chi connectivity index (χ1v) is 12.3. The van der Waals surface area contributed by atoms with Crippen LogP contribution in [0.4, 0.5) is 5.95 Å². The zero-order valence-corrected chi connectivity index (χ0v) is 20.0. The Hall–Kier alpha value is -3.03. The molecule has 0 spiro atoms. The SMILES string of the molecule is COCCN1CCC[C@H]1CNc1ncc2cc(-c3cc(C(=O)NC4CC4)ccc3C)ccc2n1. The van der Waals surface area contributed by atoms with Crippen molar-refractivity contribution in [1.29, 1.82) is 0 Å². The monoisotopic (exact) mass is 459 g/mol. The maximum Gasteiger partial charge on any atom is 0.251 e. The number of ether oxygens (including phenoxy) is 1. The third-order valence-electron chi connectivity index (χ3n) is 6.88. The van der Waals surface area contributed by atoms with E-state index < -0.39 is 0 Å². The summed E-state index contributed by atoms with van der Waals surface area (Å²) in [6, 6.07) is 13.0. The van der Waals surface area contributed by atoms with Crippen LogP contribution >= 0.6 is 0 Å². The highest BCUT2D eigenvalue weighted by Gasteiger charge is 2.25. The number of likely N-dealkylation sites (tertiary alicyclic amines) is 1. The van der Waals surface area contributed by atoms with E-state index in [-0.39, 0.29) is 5.91 Å². The number of anilines is 1. The molecule has 1 aromatic heterocycles. The van der Waals surface area contributed by atoms with Gasteiger partial charge >= 0.3 is 0 Å². The molecular formula is C27H33N5O2. The minimum atomic E-state index is 0.00615. The predicted molar refractivity (Wildman–Crippen MR) is 135 cm³/mol. The van der Waals surface area contributed by atoms with Crippen molar-refractivity contribution in [3.63, 3.8) is 0 Å². The number of rotatable bonds is 9. The lowest BCUT2D eigenvalue weighted by atomic mass is 9.97. The summed E-state index contributed by atoms with van der Waals surface area (Å²) < 4.78 is 5.24. The summed E-state index contributed by atoms with van der Waals surface area (Å²) in [6.45, 7) is 5.76. The molecule has 7 heteroatoms. The molecule has 2 N–H and O–H groups in total. The molecule has 178 valence electrons. The first-order chi connectivity index (χ1) is 16.6. The van der Waals surface area contributed by atoms with Gasteiger partial charge in [0.2, 0.25) is 5.95 Å². The molecule has 2 heterocycles. The summed E-state index contributed by atoms with van der Waals surface area (Å²) in [5, 5.41) is 7.49. The Morgan fingerprint density at radius 3 is 2.88 bits per heavy atom. The fraction of sp³-hybridized carbons (Fsp3) is 0.444. The molecule has 1 saturated heterocycles. The molecule has 1 aliphatic carbocycles. The van der Waals surface area contributed by atoms with Gasteiger partial charge in [-0.2, -0.15) is 0 Å². The van der Waals surface area contributed by atoms with Crippen molar-refractivity contribution in [2.75, 3.05) is 38.7 Å². The molecule has 0 bridgehead atoms. The molecule has 1 saturated carbocycles. The van der Waals surface area contributed by atoms with E-state index in [1.807, 2.05) is 30.5 Å². The smallest absolute Gasteiger partial charge is 0.251 e. The van der Waals surface area contributed by atoms with Crippen LogP contribution in [-0.4, -0.2) is 66.2 Å². The number of methoxy groups -OCH3 is 1. The fourth-order valence-electron chi connectivity index (χ4n) is 4.70. The number of carbonyl (C=O) groups excluding carboxylic acids is 1. The Bertz CT molecular complexity index is 1180. The van der Waals surface area contributed by atoms with Gasteiger partial charge in [-0.05, 0) is 80.1 Å². The Morgan fingerprint density at radius 2 is 2.06 bits per heavy atom. The Balaban J connectivity index is 1.30. The standard InChI is InChI=1S/C27H33N5O2/c1-18-5-6-20(26(33)30-22-8-9-22)15-24(18)19-7-10-25-21(14-19)16-28-27(31-25)29-17-23-4-3-11-32(23)12-13-34-2/h5-7,10,14-16,22-23H,3-4,8-9,11-13,17H2,1-2H3,(H,30,33)(H,28,29,31)/t23-/m0/s1. The number of fused-ring (bicyclic) bond motifs is 1. The highest BCUT2D eigenvalue weighted by molar-refractivity contribution is 5.96. The van der Waals surface area contributed by atoms with Crippen molar-refractivity contribution >= 4 is 22.8 Å². The number of hydrogen-bond donors (Lipinski definition) is 2. The van der Waals surface area contributed by atoms with E-state index in [1.165, 1.54) is 12.8 Å². The van der Waals surface area contributed by atoms with Gasteiger partial charge in [-0.1, -0.05) is 12.1 Å². The molecule has 1 amide bonds. The van der Waals surface area contributed by atoms with Crippen LogP contribution in [-0.2, 0) is 4.74 Å². The van der Waals surface area contributed by atoms with Crippen LogP contribution in [0.15, 0.2) is 42.6 Å². The molecule has 3 aromatic rings. The van der Waals surface area contributed by atoms with E-state index in [2.05, 4.69) is 39.6 Å². The van der Waals surface area contributed by atoms with Crippen molar-refractivity contribution in [3.05, 3.63) is 53.7 Å².